The fraction of sp³-hybridized carbons (Fsp3) is 0.300. The third kappa shape index (κ3) is 4.11. The number of aromatic nitrogens is 2. The molecule has 8 heteroatoms. The number of ether oxygens (including phenoxy) is 3. The summed E-state index contributed by atoms with van der Waals surface area (Å²) >= 11 is 0. The summed E-state index contributed by atoms with van der Waals surface area (Å²) in [4.78, 5) is 4.17. The van der Waals surface area contributed by atoms with Gasteiger partial charge in [-0.05, 0) is 65.3 Å². The van der Waals surface area contributed by atoms with E-state index in [9.17, 15) is 15.3 Å². The topological polar surface area (TPSA) is 106 Å². The van der Waals surface area contributed by atoms with Gasteiger partial charge in [-0.3, -0.25) is 0 Å². The molecule has 0 saturated carbocycles. The molecule has 3 aromatic carbocycles. The highest BCUT2D eigenvalue weighted by atomic mass is 16.5. The van der Waals surface area contributed by atoms with Crippen LogP contribution in [-0.2, 0) is 19.4 Å². The molecule has 0 saturated heterocycles. The van der Waals surface area contributed by atoms with Gasteiger partial charge in [-0.1, -0.05) is 12.1 Å². The number of hydrogen-bond donors (Lipinski definition) is 3. The van der Waals surface area contributed by atoms with Gasteiger partial charge in [0.2, 0.25) is 0 Å². The van der Waals surface area contributed by atoms with E-state index in [1.54, 1.807) is 37.6 Å². The molecular weight excluding hydrogens is 484 g/mol. The third-order valence-corrected chi connectivity index (χ3v) is 7.70. The van der Waals surface area contributed by atoms with Crippen molar-refractivity contribution in [2.24, 2.45) is 0 Å². The van der Waals surface area contributed by atoms with Crippen molar-refractivity contribution in [1.82, 2.24) is 9.55 Å². The van der Waals surface area contributed by atoms with E-state index in [-0.39, 0.29) is 17.4 Å². The molecule has 3 atom stereocenters. The number of aryl methyl sites for hydroxylation is 1. The Morgan fingerprint density at radius 3 is 2.63 bits per heavy atom. The summed E-state index contributed by atoms with van der Waals surface area (Å²) in [5.41, 5.74) is 5.90. The molecule has 38 heavy (non-hydrogen) atoms. The van der Waals surface area contributed by atoms with Gasteiger partial charge in [-0.15, -0.1) is 0 Å². The van der Waals surface area contributed by atoms with Crippen LogP contribution in [-0.4, -0.2) is 45.2 Å². The van der Waals surface area contributed by atoms with Crippen LogP contribution in [0.5, 0.6) is 28.7 Å². The van der Waals surface area contributed by atoms with E-state index in [0.717, 1.165) is 47.2 Å². The lowest BCUT2D eigenvalue weighted by atomic mass is 9.73. The number of methoxy groups -OCH3 is 2. The van der Waals surface area contributed by atoms with Crippen LogP contribution in [0, 0.1) is 0 Å². The molecule has 196 valence electrons. The molecule has 3 N–H and O–H groups in total. The van der Waals surface area contributed by atoms with Crippen molar-refractivity contribution in [1.29, 1.82) is 0 Å². The number of rotatable bonds is 6. The van der Waals surface area contributed by atoms with Crippen molar-refractivity contribution in [3.05, 3.63) is 83.4 Å². The summed E-state index contributed by atoms with van der Waals surface area (Å²) in [5, 5.41) is 31.6. The van der Waals surface area contributed by atoms with E-state index in [2.05, 4.69) is 9.55 Å². The summed E-state index contributed by atoms with van der Waals surface area (Å²) in [6.07, 6.45) is 6.11. The van der Waals surface area contributed by atoms with Crippen molar-refractivity contribution < 1.29 is 29.5 Å². The minimum Gasteiger partial charge on any atom is -0.508 e. The highest BCUT2D eigenvalue weighted by molar-refractivity contribution is 5.83. The maximum absolute atomic E-state index is 11.3. The molecule has 4 aromatic rings. The number of aromatic hydroxyl groups is 2. The van der Waals surface area contributed by atoms with E-state index in [0.29, 0.717) is 29.2 Å². The number of fused-ring (bicyclic) bond motifs is 5. The Balaban J connectivity index is 1.46. The molecular formula is C30H30N2O6. The predicted octanol–water partition coefficient (Wildman–Crippen LogP) is 4.75. The Kier molecular flexibility index (Phi) is 6.12. The summed E-state index contributed by atoms with van der Waals surface area (Å²) in [6, 6.07) is 12.4. The number of aliphatic hydroxyl groups is 1. The molecule has 0 fully saturated rings. The van der Waals surface area contributed by atoms with Gasteiger partial charge in [0.15, 0.2) is 11.5 Å². The van der Waals surface area contributed by atoms with Gasteiger partial charge in [0.25, 0.3) is 0 Å². The minimum atomic E-state index is -0.801. The van der Waals surface area contributed by atoms with Gasteiger partial charge in [-0.2, -0.15) is 0 Å². The van der Waals surface area contributed by atoms with Crippen molar-refractivity contribution in [3.63, 3.8) is 0 Å². The van der Waals surface area contributed by atoms with Crippen LogP contribution >= 0.6 is 0 Å². The zero-order chi connectivity index (χ0) is 26.4. The number of nitrogens with zero attached hydrogens (tertiary/aromatic N) is 2. The first-order valence-corrected chi connectivity index (χ1v) is 12.7. The lowest BCUT2D eigenvalue weighted by Crippen LogP contribution is -2.32. The van der Waals surface area contributed by atoms with E-state index in [1.807, 2.05) is 30.7 Å². The maximum atomic E-state index is 11.3. The van der Waals surface area contributed by atoms with Crippen molar-refractivity contribution in [2.45, 2.75) is 43.9 Å². The first-order chi connectivity index (χ1) is 18.5. The molecule has 2 heterocycles. The largest absolute Gasteiger partial charge is 0.508 e. The van der Waals surface area contributed by atoms with E-state index >= 15 is 0 Å². The average molecular weight is 515 g/mol. The van der Waals surface area contributed by atoms with Crippen LogP contribution in [0.25, 0.3) is 11.1 Å². The van der Waals surface area contributed by atoms with Gasteiger partial charge in [0.1, 0.15) is 23.4 Å². The van der Waals surface area contributed by atoms with Crippen molar-refractivity contribution >= 4 is 0 Å². The van der Waals surface area contributed by atoms with Gasteiger partial charge in [0, 0.05) is 42.6 Å². The number of phenolic OH excluding ortho intramolecular Hbond substituents is 2. The second kappa shape index (κ2) is 9.61. The molecule has 2 aliphatic rings. The van der Waals surface area contributed by atoms with Gasteiger partial charge >= 0.3 is 0 Å². The standard InChI is InChI=1S/C30H30N2O6/c1-36-26-13-18(3-6-23(26)34)30-24(35)14-22-25(38-30)15-27(37-2)29-21-5-4-20(33)12-19(21)11-17(28(22)29)7-9-32-10-8-31-16-32/h3-6,8,10,12-13,15-17,24,30,33-35H,7,9,11,14H2,1-2H3/t17-,24-,30-/m1/s1. The van der Waals surface area contributed by atoms with Crippen molar-refractivity contribution in [2.75, 3.05) is 14.2 Å². The minimum absolute atomic E-state index is 0.0307. The second-order valence-electron chi connectivity index (χ2n) is 9.92. The van der Waals surface area contributed by atoms with E-state index in [4.69, 9.17) is 14.2 Å². The molecule has 1 aliphatic heterocycles. The smallest absolute Gasteiger partial charge is 0.160 e. The van der Waals surface area contributed by atoms with E-state index in [1.165, 1.54) is 7.11 Å². The fourth-order valence-corrected chi connectivity index (χ4v) is 5.92. The second-order valence-corrected chi connectivity index (χ2v) is 9.92. The molecule has 1 aromatic heterocycles. The highest BCUT2D eigenvalue weighted by Crippen LogP contribution is 2.53. The Morgan fingerprint density at radius 2 is 1.87 bits per heavy atom. The lowest BCUT2D eigenvalue weighted by molar-refractivity contribution is 0.0201. The molecule has 6 rings (SSSR count). The Morgan fingerprint density at radius 1 is 1.03 bits per heavy atom. The number of hydrogen-bond acceptors (Lipinski definition) is 7. The van der Waals surface area contributed by atoms with Gasteiger partial charge in [0.05, 0.1) is 26.7 Å². The first-order valence-electron chi connectivity index (χ1n) is 12.7. The maximum Gasteiger partial charge on any atom is 0.160 e. The van der Waals surface area contributed by atoms with Crippen LogP contribution < -0.4 is 14.2 Å². The molecule has 8 nitrogen and oxygen atoms in total. The fourth-order valence-electron chi connectivity index (χ4n) is 5.92. The molecule has 0 unspecified atom stereocenters. The molecule has 0 radical (unpaired) electrons. The normalized spacial score (nSPS) is 19.6. The van der Waals surface area contributed by atoms with Crippen LogP contribution in [0.1, 0.15) is 40.7 Å². The lowest BCUT2D eigenvalue weighted by Gasteiger charge is -2.37. The third-order valence-electron chi connectivity index (χ3n) is 7.70. The average Bonchev–Trinajstić information content (AvgIpc) is 3.45. The number of benzene rings is 3. The number of phenols is 2. The summed E-state index contributed by atoms with van der Waals surface area (Å²) in [6.45, 7) is 0.781. The van der Waals surface area contributed by atoms with Gasteiger partial charge < -0.3 is 34.1 Å². The summed E-state index contributed by atoms with van der Waals surface area (Å²) < 4.78 is 19.7. The monoisotopic (exact) mass is 514 g/mol. The Bertz CT molecular complexity index is 1480. The Labute approximate surface area is 220 Å². The zero-order valence-corrected chi connectivity index (χ0v) is 21.3. The van der Waals surface area contributed by atoms with Crippen LogP contribution in [0.15, 0.2) is 61.2 Å². The SMILES string of the molecule is COc1cc([C@H]2Oc3cc(OC)c4c(c3C[C@H]2O)[C@H](CCn2ccnc2)Cc2cc(O)ccc2-4)ccc1O. The predicted molar refractivity (Wildman–Crippen MR) is 141 cm³/mol. The highest BCUT2D eigenvalue weighted by Gasteiger charge is 2.38. The van der Waals surface area contributed by atoms with Crippen LogP contribution in [0.2, 0.25) is 0 Å². The van der Waals surface area contributed by atoms with Crippen LogP contribution in [0.4, 0.5) is 0 Å². The molecule has 0 amide bonds. The molecule has 0 bridgehead atoms. The molecule has 0 spiro atoms. The summed E-state index contributed by atoms with van der Waals surface area (Å²) in [7, 11) is 3.14. The van der Waals surface area contributed by atoms with Crippen LogP contribution in [0.3, 0.4) is 0 Å². The van der Waals surface area contributed by atoms with Gasteiger partial charge in [-0.25, -0.2) is 4.98 Å². The number of imidazole rings is 1. The van der Waals surface area contributed by atoms with Crippen molar-refractivity contribution in [3.8, 4) is 39.9 Å². The first kappa shape index (κ1) is 24.2. The zero-order valence-electron chi connectivity index (χ0n) is 21.3. The Hall–Kier alpha value is -4.17. The summed E-state index contributed by atoms with van der Waals surface area (Å²) in [5.74, 6) is 2.08. The number of aliphatic hydroxyl groups excluding tert-OH is 1. The molecule has 1 aliphatic carbocycles. The van der Waals surface area contributed by atoms with E-state index < -0.39 is 12.2 Å². The quantitative estimate of drug-likeness (QED) is 0.341.